The first kappa shape index (κ1) is 15.4. The zero-order valence-corrected chi connectivity index (χ0v) is 12.5. The van der Waals surface area contributed by atoms with E-state index in [0.717, 1.165) is 5.75 Å². The van der Waals surface area contributed by atoms with Gasteiger partial charge in [0.2, 0.25) is 11.8 Å². The molecular weight excluding hydrogens is 268 g/mol. The molecule has 1 aliphatic heterocycles. The number of amides is 2. The van der Waals surface area contributed by atoms with Crippen molar-refractivity contribution in [1.82, 2.24) is 10.2 Å². The Morgan fingerprint density at radius 1 is 1.43 bits per heavy atom. The minimum atomic E-state index is -0.361. The smallest absolute Gasteiger partial charge is 0.244 e. The van der Waals surface area contributed by atoms with Gasteiger partial charge < -0.3 is 15.0 Å². The molecule has 0 bridgehead atoms. The summed E-state index contributed by atoms with van der Waals surface area (Å²) in [7, 11) is 1.76. The van der Waals surface area contributed by atoms with Crippen LogP contribution in [-0.4, -0.2) is 43.0 Å². The van der Waals surface area contributed by atoms with E-state index in [1.165, 1.54) is 0 Å². The van der Waals surface area contributed by atoms with Crippen LogP contribution in [0.3, 0.4) is 0 Å². The summed E-state index contributed by atoms with van der Waals surface area (Å²) >= 11 is 0. The number of nitrogens with zero attached hydrogens (tertiary/aromatic N) is 1. The standard InChI is InChI=1S/C16H22N2O3/c1-12(9-11-21-13-6-4-3-5-7-13)15(19)17-14-8-10-18(2)16(14)20/h3-7,12,14H,8-11H2,1-2H3,(H,17,19). The number of hydrogen-bond acceptors (Lipinski definition) is 3. The lowest BCUT2D eigenvalue weighted by Gasteiger charge is -2.16. The van der Waals surface area contributed by atoms with E-state index in [0.29, 0.717) is 26.0 Å². The first-order valence-corrected chi connectivity index (χ1v) is 7.31. The molecule has 1 N–H and O–H groups in total. The van der Waals surface area contributed by atoms with Gasteiger partial charge in [0.25, 0.3) is 0 Å². The summed E-state index contributed by atoms with van der Waals surface area (Å²) in [5.74, 6) is 0.543. The van der Waals surface area contributed by atoms with Crippen molar-refractivity contribution >= 4 is 11.8 Å². The zero-order valence-electron chi connectivity index (χ0n) is 12.5. The Bertz CT molecular complexity index is 490. The largest absolute Gasteiger partial charge is 0.494 e. The summed E-state index contributed by atoms with van der Waals surface area (Å²) in [5.41, 5.74) is 0. The average molecular weight is 290 g/mol. The third-order valence-corrected chi connectivity index (χ3v) is 3.75. The third-order valence-electron chi connectivity index (χ3n) is 3.75. The summed E-state index contributed by atoms with van der Waals surface area (Å²) in [6.45, 7) is 3.04. The Labute approximate surface area is 125 Å². The van der Waals surface area contributed by atoms with Crippen LogP contribution in [0.2, 0.25) is 0 Å². The van der Waals surface area contributed by atoms with Crippen molar-refractivity contribution in [1.29, 1.82) is 0 Å². The molecule has 0 aliphatic carbocycles. The summed E-state index contributed by atoms with van der Waals surface area (Å²) in [6, 6.07) is 9.16. The van der Waals surface area contributed by atoms with E-state index < -0.39 is 0 Å². The van der Waals surface area contributed by atoms with Crippen LogP contribution in [0.1, 0.15) is 19.8 Å². The summed E-state index contributed by atoms with van der Waals surface area (Å²) in [6.07, 6.45) is 1.31. The number of likely N-dealkylation sites (N-methyl/N-ethyl adjacent to an activating group) is 1. The van der Waals surface area contributed by atoms with Crippen molar-refractivity contribution in [2.75, 3.05) is 20.2 Å². The number of ether oxygens (including phenoxy) is 1. The quantitative estimate of drug-likeness (QED) is 0.862. The van der Waals surface area contributed by atoms with Crippen LogP contribution in [-0.2, 0) is 9.59 Å². The molecule has 1 heterocycles. The first-order valence-electron chi connectivity index (χ1n) is 7.31. The Hall–Kier alpha value is -2.04. The highest BCUT2D eigenvalue weighted by atomic mass is 16.5. The highest BCUT2D eigenvalue weighted by Gasteiger charge is 2.31. The van der Waals surface area contributed by atoms with Crippen molar-refractivity contribution in [3.63, 3.8) is 0 Å². The number of hydrogen-bond donors (Lipinski definition) is 1. The van der Waals surface area contributed by atoms with Gasteiger partial charge in [0.05, 0.1) is 6.61 Å². The fraction of sp³-hybridized carbons (Fsp3) is 0.500. The van der Waals surface area contributed by atoms with Gasteiger partial charge in [0, 0.05) is 19.5 Å². The fourth-order valence-electron chi connectivity index (χ4n) is 2.27. The predicted octanol–water partition coefficient (Wildman–Crippen LogP) is 1.44. The summed E-state index contributed by atoms with van der Waals surface area (Å²) in [4.78, 5) is 25.5. The van der Waals surface area contributed by atoms with Crippen LogP contribution in [0.15, 0.2) is 30.3 Å². The maximum Gasteiger partial charge on any atom is 0.244 e. The molecule has 1 saturated heterocycles. The van der Waals surface area contributed by atoms with Gasteiger partial charge in [-0.2, -0.15) is 0 Å². The van der Waals surface area contributed by atoms with Gasteiger partial charge in [-0.3, -0.25) is 9.59 Å². The second-order valence-corrected chi connectivity index (χ2v) is 5.46. The molecule has 0 aromatic heterocycles. The SMILES string of the molecule is CC(CCOc1ccccc1)C(=O)NC1CCN(C)C1=O. The van der Waals surface area contributed by atoms with E-state index in [1.807, 2.05) is 37.3 Å². The van der Waals surface area contributed by atoms with Crippen LogP contribution < -0.4 is 10.1 Å². The number of benzene rings is 1. The van der Waals surface area contributed by atoms with Crippen molar-refractivity contribution in [2.45, 2.75) is 25.8 Å². The van der Waals surface area contributed by atoms with Gasteiger partial charge in [0.15, 0.2) is 0 Å². The minimum absolute atomic E-state index is 0.00362. The molecule has 5 heteroatoms. The number of rotatable bonds is 6. The zero-order chi connectivity index (χ0) is 15.2. The van der Waals surface area contributed by atoms with Crippen LogP contribution in [0, 0.1) is 5.92 Å². The molecule has 21 heavy (non-hydrogen) atoms. The monoisotopic (exact) mass is 290 g/mol. The highest BCUT2D eigenvalue weighted by Crippen LogP contribution is 2.12. The molecule has 0 saturated carbocycles. The van der Waals surface area contributed by atoms with Gasteiger partial charge >= 0.3 is 0 Å². The van der Waals surface area contributed by atoms with E-state index in [4.69, 9.17) is 4.74 Å². The Balaban J connectivity index is 1.71. The van der Waals surface area contributed by atoms with Gasteiger partial charge in [-0.1, -0.05) is 25.1 Å². The summed E-state index contributed by atoms with van der Waals surface area (Å²) in [5, 5.41) is 2.82. The number of carbonyl (C=O) groups excluding carboxylic acids is 2. The molecule has 2 amide bonds. The molecule has 114 valence electrons. The molecule has 1 fully saturated rings. The predicted molar refractivity (Wildman–Crippen MR) is 79.9 cm³/mol. The van der Waals surface area contributed by atoms with Crippen LogP contribution in [0.25, 0.3) is 0 Å². The van der Waals surface area contributed by atoms with Crippen molar-refractivity contribution in [3.8, 4) is 5.75 Å². The van der Waals surface area contributed by atoms with Crippen LogP contribution in [0.5, 0.6) is 5.75 Å². The number of likely N-dealkylation sites (tertiary alicyclic amines) is 1. The molecule has 1 aromatic carbocycles. The van der Waals surface area contributed by atoms with Gasteiger partial charge in [-0.05, 0) is 25.0 Å². The molecule has 2 unspecified atom stereocenters. The minimum Gasteiger partial charge on any atom is -0.494 e. The van der Waals surface area contributed by atoms with Crippen molar-refractivity contribution < 1.29 is 14.3 Å². The Morgan fingerprint density at radius 3 is 2.76 bits per heavy atom. The van der Waals surface area contributed by atoms with Crippen molar-refractivity contribution in [3.05, 3.63) is 30.3 Å². The number of nitrogens with one attached hydrogen (secondary N) is 1. The summed E-state index contributed by atoms with van der Waals surface area (Å²) < 4.78 is 5.58. The molecule has 1 aliphatic rings. The molecule has 5 nitrogen and oxygen atoms in total. The average Bonchev–Trinajstić information content (AvgIpc) is 2.80. The van der Waals surface area contributed by atoms with E-state index >= 15 is 0 Å². The maximum atomic E-state index is 12.1. The molecule has 2 rings (SSSR count). The lowest BCUT2D eigenvalue weighted by molar-refractivity contribution is -0.133. The van der Waals surface area contributed by atoms with Crippen molar-refractivity contribution in [2.24, 2.45) is 5.92 Å². The van der Waals surface area contributed by atoms with E-state index in [-0.39, 0.29) is 23.8 Å². The Kier molecular flexibility index (Phi) is 5.20. The molecule has 2 atom stereocenters. The molecular formula is C16H22N2O3. The topological polar surface area (TPSA) is 58.6 Å². The highest BCUT2D eigenvalue weighted by molar-refractivity contribution is 5.89. The number of carbonyl (C=O) groups is 2. The van der Waals surface area contributed by atoms with Gasteiger partial charge in [-0.15, -0.1) is 0 Å². The molecule has 0 radical (unpaired) electrons. The lowest BCUT2D eigenvalue weighted by Crippen LogP contribution is -2.43. The maximum absolute atomic E-state index is 12.1. The van der Waals surface area contributed by atoms with E-state index in [2.05, 4.69) is 5.32 Å². The third kappa shape index (κ3) is 4.21. The fourth-order valence-corrected chi connectivity index (χ4v) is 2.27. The Morgan fingerprint density at radius 2 is 2.14 bits per heavy atom. The second-order valence-electron chi connectivity index (χ2n) is 5.46. The molecule has 0 spiro atoms. The van der Waals surface area contributed by atoms with E-state index in [9.17, 15) is 9.59 Å². The number of para-hydroxylation sites is 1. The van der Waals surface area contributed by atoms with Crippen LogP contribution in [0.4, 0.5) is 0 Å². The first-order chi connectivity index (χ1) is 10.1. The molecule has 1 aromatic rings. The van der Waals surface area contributed by atoms with E-state index in [1.54, 1.807) is 11.9 Å². The van der Waals surface area contributed by atoms with Crippen LogP contribution >= 0.6 is 0 Å². The normalized spacial score (nSPS) is 19.4. The van der Waals surface area contributed by atoms with Gasteiger partial charge in [-0.25, -0.2) is 0 Å². The van der Waals surface area contributed by atoms with Gasteiger partial charge in [0.1, 0.15) is 11.8 Å². The lowest BCUT2D eigenvalue weighted by atomic mass is 10.1. The second kappa shape index (κ2) is 7.11.